The van der Waals surface area contributed by atoms with Gasteiger partial charge in [0.25, 0.3) is 5.91 Å². The van der Waals surface area contributed by atoms with Crippen LogP contribution in [-0.2, 0) is 6.54 Å². The molecule has 0 saturated carbocycles. The Hall–Kier alpha value is -4.32. The molecule has 2 atom stereocenters. The molecule has 0 aliphatic carbocycles. The summed E-state index contributed by atoms with van der Waals surface area (Å²) in [5, 5.41) is 18.0. The van der Waals surface area contributed by atoms with E-state index in [4.69, 9.17) is 11.0 Å². The van der Waals surface area contributed by atoms with E-state index in [1.807, 2.05) is 36.1 Å². The zero-order valence-corrected chi connectivity index (χ0v) is 19.1. The van der Waals surface area contributed by atoms with Crippen LogP contribution in [-0.4, -0.2) is 44.8 Å². The standard InChI is InChI=1S/C25H26N8O/c1-3-33-13-18(11-29-33)20-8-17-5-6-19(25(27)34)24(23(17)30-20)31-21-14-32(12-15(21)2)22-7-4-16(9-26)10-28-22/h4-8,10-11,13,15,21,30-31H,3,12,14H2,1-2H3,(H2,27,34)/t15-,21+/m0/s1. The molecule has 3 aromatic heterocycles. The summed E-state index contributed by atoms with van der Waals surface area (Å²) in [5.74, 6) is 0.653. The number of H-pyrrole nitrogens is 1. The highest BCUT2D eigenvalue weighted by atomic mass is 16.1. The first kappa shape index (κ1) is 21.5. The van der Waals surface area contributed by atoms with Gasteiger partial charge in [-0.1, -0.05) is 13.0 Å². The third-order valence-electron chi connectivity index (χ3n) is 6.47. The van der Waals surface area contributed by atoms with Crippen molar-refractivity contribution < 1.29 is 4.79 Å². The number of nitrogens with zero attached hydrogens (tertiary/aromatic N) is 5. The van der Waals surface area contributed by atoms with Crippen LogP contribution in [0.2, 0.25) is 0 Å². The number of carbonyl (C=O) groups excluding carboxylic acids is 1. The van der Waals surface area contributed by atoms with Crippen molar-refractivity contribution in [2.24, 2.45) is 11.7 Å². The molecule has 1 amide bonds. The van der Waals surface area contributed by atoms with Crippen LogP contribution >= 0.6 is 0 Å². The number of amides is 1. The summed E-state index contributed by atoms with van der Waals surface area (Å²) >= 11 is 0. The maximum Gasteiger partial charge on any atom is 0.250 e. The number of anilines is 2. The lowest BCUT2D eigenvalue weighted by Crippen LogP contribution is -2.29. The average molecular weight is 455 g/mol. The molecular formula is C25H26N8O. The van der Waals surface area contributed by atoms with E-state index >= 15 is 0 Å². The van der Waals surface area contributed by atoms with Crippen LogP contribution in [0.25, 0.3) is 22.2 Å². The minimum atomic E-state index is -0.476. The number of aryl methyl sites for hydroxylation is 1. The van der Waals surface area contributed by atoms with Crippen molar-refractivity contribution in [3.05, 3.63) is 60.0 Å². The topological polar surface area (TPSA) is 129 Å². The van der Waals surface area contributed by atoms with Crippen molar-refractivity contribution in [1.82, 2.24) is 19.7 Å². The van der Waals surface area contributed by atoms with Crippen molar-refractivity contribution in [2.75, 3.05) is 23.3 Å². The highest BCUT2D eigenvalue weighted by Crippen LogP contribution is 2.34. The molecule has 4 heterocycles. The molecule has 0 spiro atoms. The number of rotatable bonds is 6. The van der Waals surface area contributed by atoms with E-state index < -0.39 is 5.91 Å². The molecule has 0 unspecified atom stereocenters. The predicted molar refractivity (Wildman–Crippen MR) is 131 cm³/mol. The van der Waals surface area contributed by atoms with Gasteiger partial charge in [0.2, 0.25) is 0 Å². The molecule has 9 nitrogen and oxygen atoms in total. The van der Waals surface area contributed by atoms with Gasteiger partial charge in [-0.3, -0.25) is 9.48 Å². The Labute approximate surface area is 197 Å². The van der Waals surface area contributed by atoms with Crippen molar-refractivity contribution in [2.45, 2.75) is 26.4 Å². The Morgan fingerprint density at radius 1 is 1.29 bits per heavy atom. The molecule has 0 radical (unpaired) electrons. The molecule has 34 heavy (non-hydrogen) atoms. The second-order valence-electron chi connectivity index (χ2n) is 8.73. The number of carbonyl (C=O) groups is 1. The number of primary amides is 1. The fourth-order valence-electron chi connectivity index (χ4n) is 4.55. The molecule has 0 bridgehead atoms. The number of hydrogen-bond acceptors (Lipinski definition) is 6. The molecular weight excluding hydrogens is 428 g/mol. The monoisotopic (exact) mass is 454 g/mol. The molecule has 9 heteroatoms. The summed E-state index contributed by atoms with van der Waals surface area (Å²) < 4.78 is 1.88. The van der Waals surface area contributed by atoms with Gasteiger partial charge in [0.1, 0.15) is 11.9 Å². The Morgan fingerprint density at radius 2 is 2.15 bits per heavy atom. The first-order valence-electron chi connectivity index (χ1n) is 11.3. The number of nitriles is 1. The number of benzene rings is 1. The molecule has 1 saturated heterocycles. The van der Waals surface area contributed by atoms with Crippen LogP contribution in [0.5, 0.6) is 0 Å². The minimum absolute atomic E-state index is 0.0794. The van der Waals surface area contributed by atoms with Gasteiger partial charge in [-0.25, -0.2) is 4.98 Å². The predicted octanol–water partition coefficient (Wildman–Crippen LogP) is 3.35. The maximum atomic E-state index is 12.3. The molecule has 4 aromatic rings. The van der Waals surface area contributed by atoms with Crippen molar-refractivity contribution in [3.63, 3.8) is 0 Å². The van der Waals surface area contributed by atoms with E-state index in [-0.39, 0.29) is 6.04 Å². The lowest BCUT2D eigenvalue weighted by molar-refractivity contribution is 0.100. The van der Waals surface area contributed by atoms with E-state index in [0.717, 1.165) is 41.1 Å². The SMILES string of the molecule is CCn1cc(-c2cc3ccc(C(N)=O)c(N[C@@H]4CN(c5ccc(C#N)cn5)C[C@@H]4C)c3[nH]2)cn1. The molecule has 5 rings (SSSR count). The number of fused-ring (bicyclic) bond motifs is 1. The van der Waals surface area contributed by atoms with E-state index in [2.05, 4.69) is 44.3 Å². The summed E-state index contributed by atoms with van der Waals surface area (Å²) in [6.45, 7) is 6.53. The van der Waals surface area contributed by atoms with Gasteiger partial charge in [0.15, 0.2) is 0 Å². The van der Waals surface area contributed by atoms with Crippen molar-refractivity contribution >= 4 is 28.3 Å². The van der Waals surface area contributed by atoms with Gasteiger partial charge in [0, 0.05) is 54.7 Å². The van der Waals surface area contributed by atoms with Gasteiger partial charge in [-0.15, -0.1) is 0 Å². The van der Waals surface area contributed by atoms with Gasteiger partial charge in [0.05, 0.1) is 28.5 Å². The zero-order chi connectivity index (χ0) is 23.8. The summed E-state index contributed by atoms with van der Waals surface area (Å²) in [6.07, 6.45) is 5.42. The maximum absolute atomic E-state index is 12.3. The summed E-state index contributed by atoms with van der Waals surface area (Å²) in [4.78, 5) is 22.4. The molecule has 172 valence electrons. The lowest BCUT2D eigenvalue weighted by atomic mass is 10.0. The molecule has 1 fully saturated rings. The quantitative estimate of drug-likeness (QED) is 0.410. The second-order valence-corrected chi connectivity index (χ2v) is 8.73. The third-order valence-corrected chi connectivity index (χ3v) is 6.47. The fraction of sp³-hybridized carbons (Fsp3) is 0.280. The third kappa shape index (κ3) is 3.83. The first-order valence-corrected chi connectivity index (χ1v) is 11.3. The van der Waals surface area contributed by atoms with Gasteiger partial charge in [-0.05, 0) is 37.1 Å². The van der Waals surface area contributed by atoms with E-state index in [1.54, 1.807) is 18.3 Å². The number of nitrogens with one attached hydrogen (secondary N) is 2. The normalized spacial score (nSPS) is 17.7. The Morgan fingerprint density at radius 3 is 2.82 bits per heavy atom. The van der Waals surface area contributed by atoms with Crippen LogP contribution in [0.1, 0.15) is 29.8 Å². The number of nitrogens with two attached hydrogens (primary N) is 1. The van der Waals surface area contributed by atoms with E-state index in [0.29, 0.717) is 29.3 Å². The smallest absolute Gasteiger partial charge is 0.250 e. The minimum Gasteiger partial charge on any atom is -0.378 e. The van der Waals surface area contributed by atoms with Crippen molar-refractivity contribution in [1.29, 1.82) is 5.26 Å². The molecule has 4 N–H and O–H groups in total. The summed E-state index contributed by atoms with van der Waals surface area (Å²) in [5.41, 5.74) is 10.2. The number of aromatic nitrogens is 4. The Balaban J connectivity index is 1.47. The number of pyridine rings is 1. The molecule has 1 aromatic carbocycles. The Bertz CT molecular complexity index is 1390. The zero-order valence-electron chi connectivity index (χ0n) is 19.1. The number of aromatic amines is 1. The van der Waals surface area contributed by atoms with E-state index in [9.17, 15) is 4.79 Å². The summed E-state index contributed by atoms with van der Waals surface area (Å²) in [6, 6.07) is 11.6. The van der Waals surface area contributed by atoms with Gasteiger partial charge >= 0.3 is 0 Å². The van der Waals surface area contributed by atoms with Crippen LogP contribution in [0, 0.1) is 17.2 Å². The highest BCUT2D eigenvalue weighted by molar-refractivity contribution is 6.07. The van der Waals surface area contributed by atoms with Crippen LogP contribution in [0.15, 0.2) is 48.9 Å². The highest BCUT2D eigenvalue weighted by Gasteiger charge is 2.31. The van der Waals surface area contributed by atoms with Crippen molar-refractivity contribution in [3.8, 4) is 17.3 Å². The lowest BCUT2D eigenvalue weighted by Gasteiger charge is -2.21. The average Bonchev–Trinajstić information content (AvgIpc) is 3.57. The van der Waals surface area contributed by atoms with Gasteiger partial charge in [-0.2, -0.15) is 10.4 Å². The largest absolute Gasteiger partial charge is 0.378 e. The second kappa shape index (κ2) is 8.56. The number of hydrogen-bond donors (Lipinski definition) is 3. The summed E-state index contributed by atoms with van der Waals surface area (Å²) in [7, 11) is 0. The molecule has 1 aliphatic rings. The van der Waals surface area contributed by atoms with Gasteiger partial charge < -0.3 is 20.9 Å². The van der Waals surface area contributed by atoms with Crippen LogP contribution < -0.4 is 16.0 Å². The van der Waals surface area contributed by atoms with Crippen LogP contribution in [0.3, 0.4) is 0 Å². The van der Waals surface area contributed by atoms with E-state index in [1.165, 1.54) is 0 Å². The Kier molecular flexibility index (Phi) is 5.42. The first-order chi connectivity index (χ1) is 16.5. The van der Waals surface area contributed by atoms with Crippen LogP contribution in [0.4, 0.5) is 11.5 Å². The molecule has 1 aliphatic heterocycles. The fourth-order valence-corrected chi connectivity index (χ4v) is 4.55.